The first-order valence-corrected chi connectivity index (χ1v) is 9.47. The van der Waals surface area contributed by atoms with Gasteiger partial charge in [-0.2, -0.15) is 0 Å². The van der Waals surface area contributed by atoms with Gasteiger partial charge < -0.3 is 20.4 Å². The van der Waals surface area contributed by atoms with Crippen LogP contribution in [0.1, 0.15) is 33.7 Å². The molecule has 1 aromatic heterocycles. The van der Waals surface area contributed by atoms with Crippen molar-refractivity contribution in [1.82, 2.24) is 15.6 Å². The minimum absolute atomic E-state index is 0.0653. The molecule has 0 aliphatic carbocycles. The van der Waals surface area contributed by atoms with E-state index in [0.717, 1.165) is 41.4 Å². The molecule has 0 unspecified atom stereocenters. The highest BCUT2D eigenvalue weighted by Crippen LogP contribution is 2.26. The third kappa shape index (κ3) is 3.77. The number of carbonyl (C=O) groups is 2. The molecule has 0 spiro atoms. The summed E-state index contributed by atoms with van der Waals surface area (Å²) >= 11 is 0. The number of esters is 1. The van der Waals surface area contributed by atoms with E-state index in [1.165, 1.54) is 7.11 Å². The molecule has 28 heavy (non-hydrogen) atoms. The summed E-state index contributed by atoms with van der Waals surface area (Å²) in [6, 6.07) is 15.6. The molecule has 0 radical (unpaired) electrons. The zero-order valence-corrected chi connectivity index (χ0v) is 15.7. The van der Waals surface area contributed by atoms with Gasteiger partial charge in [0.2, 0.25) is 0 Å². The molecule has 6 nitrogen and oxygen atoms in total. The van der Waals surface area contributed by atoms with E-state index < -0.39 is 5.97 Å². The van der Waals surface area contributed by atoms with Gasteiger partial charge in [0, 0.05) is 29.1 Å². The molecular formula is C22H23N3O3. The first-order valence-electron chi connectivity index (χ1n) is 9.47. The van der Waals surface area contributed by atoms with Crippen LogP contribution < -0.4 is 10.6 Å². The number of aromatic amines is 1. The van der Waals surface area contributed by atoms with Gasteiger partial charge in [-0.3, -0.25) is 4.79 Å². The fourth-order valence-corrected chi connectivity index (χ4v) is 3.62. The number of nitrogens with one attached hydrogen (secondary N) is 3. The summed E-state index contributed by atoms with van der Waals surface area (Å²) in [6.07, 6.45) is 2.26. The molecule has 144 valence electrons. The van der Waals surface area contributed by atoms with Crippen molar-refractivity contribution in [1.29, 1.82) is 0 Å². The summed E-state index contributed by atoms with van der Waals surface area (Å²) in [6.45, 7) is 1.67. The molecule has 4 rings (SSSR count). The third-order valence-corrected chi connectivity index (χ3v) is 5.16. The zero-order valence-electron chi connectivity index (χ0n) is 15.7. The molecule has 6 heteroatoms. The van der Waals surface area contributed by atoms with Crippen LogP contribution in [0, 0.1) is 0 Å². The van der Waals surface area contributed by atoms with Gasteiger partial charge in [0.1, 0.15) is 5.69 Å². The number of carbonyl (C=O) groups excluding carboxylic acids is 2. The number of aromatic nitrogens is 1. The Balaban J connectivity index is 1.54. The summed E-state index contributed by atoms with van der Waals surface area (Å²) < 4.78 is 4.76. The van der Waals surface area contributed by atoms with E-state index in [1.807, 2.05) is 42.5 Å². The van der Waals surface area contributed by atoms with Gasteiger partial charge in [-0.25, -0.2) is 4.79 Å². The Kier molecular flexibility index (Phi) is 5.12. The fraction of sp³-hybridized carbons (Fsp3) is 0.273. The van der Waals surface area contributed by atoms with E-state index in [9.17, 15) is 9.59 Å². The average molecular weight is 377 g/mol. The van der Waals surface area contributed by atoms with Crippen molar-refractivity contribution >= 4 is 22.8 Å². The van der Waals surface area contributed by atoms with Crippen LogP contribution in [0.2, 0.25) is 0 Å². The molecule has 3 N–H and O–H groups in total. The fourth-order valence-electron chi connectivity index (χ4n) is 3.62. The predicted octanol–water partition coefficient (Wildman–Crippen LogP) is 3.10. The van der Waals surface area contributed by atoms with Gasteiger partial charge in [-0.1, -0.05) is 24.3 Å². The molecule has 0 bridgehead atoms. The predicted molar refractivity (Wildman–Crippen MR) is 108 cm³/mol. The van der Waals surface area contributed by atoms with Crippen molar-refractivity contribution in [3.63, 3.8) is 0 Å². The second kappa shape index (κ2) is 7.86. The van der Waals surface area contributed by atoms with Crippen molar-refractivity contribution in [3.05, 3.63) is 59.8 Å². The lowest BCUT2D eigenvalue weighted by Crippen LogP contribution is -2.37. The lowest BCUT2D eigenvalue weighted by molar-refractivity contribution is 0.0595. The second-order valence-electron chi connectivity index (χ2n) is 7.06. The maximum absolute atomic E-state index is 12.5. The number of benzene rings is 2. The SMILES string of the molecule is COC(=O)c1cc2ccc(-c3cccc(C(=O)NC[C@@H]4CCCN4)c3)cc2[nH]1. The summed E-state index contributed by atoms with van der Waals surface area (Å²) in [4.78, 5) is 27.3. The zero-order chi connectivity index (χ0) is 19.5. The lowest BCUT2D eigenvalue weighted by Gasteiger charge is -2.12. The second-order valence-corrected chi connectivity index (χ2v) is 7.06. The molecule has 1 amide bonds. The molecule has 1 aliphatic rings. The Hall–Kier alpha value is -3.12. The van der Waals surface area contributed by atoms with Crippen molar-refractivity contribution in [2.75, 3.05) is 20.2 Å². The third-order valence-electron chi connectivity index (χ3n) is 5.16. The quantitative estimate of drug-likeness (QED) is 0.597. The first-order chi connectivity index (χ1) is 13.6. The van der Waals surface area contributed by atoms with E-state index in [-0.39, 0.29) is 5.91 Å². The van der Waals surface area contributed by atoms with E-state index in [4.69, 9.17) is 4.74 Å². The first kappa shape index (κ1) is 18.3. The Morgan fingerprint density at radius 3 is 2.79 bits per heavy atom. The normalized spacial score (nSPS) is 16.2. The highest BCUT2D eigenvalue weighted by Gasteiger charge is 2.16. The van der Waals surface area contributed by atoms with Crippen LogP contribution in [-0.4, -0.2) is 43.1 Å². The van der Waals surface area contributed by atoms with Gasteiger partial charge in [0.15, 0.2) is 0 Å². The van der Waals surface area contributed by atoms with Gasteiger partial charge >= 0.3 is 5.97 Å². The maximum atomic E-state index is 12.5. The molecule has 1 fully saturated rings. The summed E-state index contributed by atoms with van der Waals surface area (Å²) in [5.41, 5.74) is 3.82. The summed E-state index contributed by atoms with van der Waals surface area (Å²) in [5.74, 6) is -0.461. The topological polar surface area (TPSA) is 83.2 Å². The monoisotopic (exact) mass is 377 g/mol. The van der Waals surface area contributed by atoms with Gasteiger partial charge in [0.25, 0.3) is 5.91 Å². The van der Waals surface area contributed by atoms with E-state index in [0.29, 0.717) is 23.8 Å². The van der Waals surface area contributed by atoms with E-state index in [2.05, 4.69) is 15.6 Å². The number of methoxy groups -OCH3 is 1. The van der Waals surface area contributed by atoms with Crippen LogP contribution in [0.3, 0.4) is 0 Å². The smallest absolute Gasteiger partial charge is 0.354 e. The number of rotatable bonds is 5. The largest absolute Gasteiger partial charge is 0.464 e. The number of amides is 1. The van der Waals surface area contributed by atoms with Crippen LogP contribution in [0.5, 0.6) is 0 Å². The Morgan fingerprint density at radius 1 is 1.14 bits per heavy atom. The molecule has 2 heterocycles. The van der Waals surface area contributed by atoms with Gasteiger partial charge in [-0.15, -0.1) is 0 Å². The standard InChI is InChI=1S/C22H23N3O3/c1-28-22(27)20-12-16-8-7-15(11-19(16)25-20)14-4-2-5-17(10-14)21(26)24-13-18-6-3-9-23-18/h2,4-5,7-8,10-12,18,23,25H,3,6,9,13H2,1H3,(H,24,26)/t18-/m0/s1. The molecule has 0 saturated carbocycles. The molecule has 1 saturated heterocycles. The van der Waals surface area contributed by atoms with Crippen molar-refractivity contribution < 1.29 is 14.3 Å². The van der Waals surface area contributed by atoms with Crippen molar-refractivity contribution in [2.24, 2.45) is 0 Å². The minimum atomic E-state index is -0.395. The molecule has 2 aromatic carbocycles. The number of fused-ring (bicyclic) bond motifs is 1. The van der Waals surface area contributed by atoms with Crippen LogP contribution >= 0.6 is 0 Å². The highest BCUT2D eigenvalue weighted by molar-refractivity contribution is 5.97. The van der Waals surface area contributed by atoms with Crippen molar-refractivity contribution in [3.8, 4) is 11.1 Å². The average Bonchev–Trinajstić information content (AvgIpc) is 3.40. The maximum Gasteiger partial charge on any atom is 0.354 e. The van der Waals surface area contributed by atoms with E-state index >= 15 is 0 Å². The lowest BCUT2D eigenvalue weighted by atomic mass is 10.0. The van der Waals surface area contributed by atoms with Gasteiger partial charge in [-0.05, 0) is 54.8 Å². The molecule has 1 aliphatic heterocycles. The molecule has 1 atom stereocenters. The van der Waals surface area contributed by atoms with Crippen LogP contribution in [0.15, 0.2) is 48.5 Å². The number of H-pyrrole nitrogens is 1. The Bertz CT molecular complexity index is 1020. The Labute approximate surface area is 163 Å². The summed E-state index contributed by atoms with van der Waals surface area (Å²) in [7, 11) is 1.36. The van der Waals surface area contributed by atoms with Crippen molar-refractivity contribution in [2.45, 2.75) is 18.9 Å². The molecular weight excluding hydrogens is 354 g/mol. The van der Waals surface area contributed by atoms with E-state index in [1.54, 1.807) is 6.07 Å². The van der Waals surface area contributed by atoms with Crippen LogP contribution in [0.4, 0.5) is 0 Å². The van der Waals surface area contributed by atoms with Crippen LogP contribution in [-0.2, 0) is 4.74 Å². The number of ether oxygens (including phenoxy) is 1. The van der Waals surface area contributed by atoms with Gasteiger partial charge in [0.05, 0.1) is 7.11 Å². The molecule has 3 aromatic rings. The van der Waals surface area contributed by atoms with Crippen LogP contribution in [0.25, 0.3) is 22.0 Å². The number of hydrogen-bond acceptors (Lipinski definition) is 4. The highest BCUT2D eigenvalue weighted by atomic mass is 16.5. The Morgan fingerprint density at radius 2 is 2.00 bits per heavy atom. The summed E-state index contributed by atoms with van der Waals surface area (Å²) in [5, 5.41) is 7.33. The minimum Gasteiger partial charge on any atom is -0.464 e. The number of hydrogen-bond donors (Lipinski definition) is 3.